The minimum Gasteiger partial charge on any atom is -0.306 e. The van der Waals surface area contributed by atoms with Crippen molar-refractivity contribution in [2.45, 2.75) is 6.32 Å². The summed E-state index contributed by atoms with van der Waals surface area (Å²) >= 11 is 0. The molecule has 0 aromatic rings. The molecule has 0 radical (unpaired) electrons. The van der Waals surface area contributed by atoms with Gasteiger partial charge in [-0.05, 0) is 13.0 Å². The molecule has 0 atom stereocenters. The molecule has 0 bridgehead atoms. The summed E-state index contributed by atoms with van der Waals surface area (Å²) in [5.41, 5.74) is 0. The van der Waals surface area contributed by atoms with Crippen molar-refractivity contribution in [3.8, 4) is 0 Å². The summed E-state index contributed by atoms with van der Waals surface area (Å²) in [6, 6.07) is 0. The Labute approximate surface area is 46.1 Å². The van der Waals surface area contributed by atoms with E-state index < -0.39 is 0 Å². The van der Waals surface area contributed by atoms with E-state index in [1.807, 2.05) is 0 Å². The SMILES string of the molecule is BCC1CN(C)C1. The van der Waals surface area contributed by atoms with Gasteiger partial charge in [0, 0.05) is 13.1 Å². The predicted octanol–water partition coefficient (Wildman–Crippen LogP) is -0.401. The van der Waals surface area contributed by atoms with E-state index in [9.17, 15) is 0 Å². The Balaban J connectivity index is 2.06. The van der Waals surface area contributed by atoms with Crippen LogP contribution in [0.4, 0.5) is 0 Å². The molecule has 0 aliphatic carbocycles. The van der Waals surface area contributed by atoms with Crippen LogP contribution in [0, 0.1) is 5.92 Å². The molecule has 0 N–H and O–H groups in total. The molecule has 0 unspecified atom stereocenters. The fourth-order valence-electron chi connectivity index (χ4n) is 1.09. The predicted molar refractivity (Wildman–Crippen MR) is 34.3 cm³/mol. The van der Waals surface area contributed by atoms with Gasteiger partial charge in [-0.1, -0.05) is 6.32 Å². The van der Waals surface area contributed by atoms with Gasteiger partial charge in [0.05, 0.1) is 0 Å². The third-order valence-electron chi connectivity index (χ3n) is 1.72. The van der Waals surface area contributed by atoms with Crippen LogP contribution in [0.5, 0.6) is 0 Å². The third kappa shape index (κ3) is 0.971. The molecule has 0 saturated carbocycles. The van der Waals surface area contributed by atoms with Gasteiger partial charge in [0.25, 0.3) is 0 Å². The molecule has 0 amide bonds. The van der Waals surface area contributed by atoms with Crippen molar-refractivity contribution in [1.29, 1.82) is 0 Å². The van der Waals surface area contributed by atoms with Crippen LogP contribution in [0.15, 0.2) is 0 Å². The van der Waals surface area contributed by atoms with Gasteiger partial charge in [0.2, 0.25) is 0 Å². The van der Waals surface area contributed by atoms with Crippen molar-refractivity contribution in [3.63, 3.8) is 0 Å². The molecule has 0 aromatic carbocycles. The fraction of sp³-hybridized carbons (Fsp3) is 1.00. The molecule has 1 nitrogen and oxygen atoms in total. The number of nitrogens with zero attached hydrogens (tertiary/aromatic N) is 1. The summed E-state index contributed by atoms with van der Waals surface area (Å²) in [6.07, 6.45) is 1.37. The third-order valence-corrected chi connectivity index (χ3v) is 1.72. The summed E-state index contributed by atoms with van der Waals surface area (Å²) in [7, 11) is 4.43. The molecule has 0 aromatic heterocycles. The molecule has 7 heavy (non-hydrogen) atoms. The first-order valence-electron chi connectivity index (χ1n) is 3.01. The van der Waals surface area contributed by atoms with E-state index >= 15 is 0 Å². The number of likely N-dealkylation sites (tertiary alicyclic amines) is 1. The molecule has 1 rings (SSSR count). The highest BCUT2D eigenvalue weighted by molar-refractivity contribution is 6.08. The average molecular weight is 97.0 g/mol. The van der Waals surface area contributed by atoms with Gasteiger partial charge in [-0.2, -0.15) is 0 Å². The maximum Gasteiger partial charge on any atom is 0.101 e. The van der Waals surface area contributed by atoms with E-state index in [4.69, 9.17) is 0 Å². The van der Waals surface area contributed by atoms with E-state index in [1.54, 1.807) is 0 Å². The lowest BCUT2D eigenvalue weighted by molar-refractivity contribution is 0.150. The van der Waals surface area contributed by atoms with Gasteiger partial charge in [-0.25, -0.2) is 0 Å². The van der Waals surface area contributed by atoms with Crippen molar-refractivity contribution in [3.05, 3.63) is 0 Å². The van der Waals surface area contributed by atoms with E-state index in [-0.39, 0.29) is 0 Å². The number of hydrogen-bond acceptors (Lipinski definition) is 1. The van der Waals surface area contributed by atoms with Crippen LogP contribution in [0.2, 0.25) is 6.32 Å². The molecule has 40 valence electrons. The Hall–Kier alpha value is 0.0249. The molecule has 1 saturated heterocycles. The maximum atomic E-state index is 2.36. The van der Waals surface area contributed by atoms with Gasteiger partial charge in [0.1, 0.15) is 7.85 Å². The van der Waals surface area contributed by atoms with E-state index in [0.717, 1.165) is 5.92 Å². The minimum atomic E-state index is 1.02. The zero-order valence-electron chi connectivity index (χ0n) is 5.15. The Morgan fingerprint density at radius 2 is 2.29 bits per heavy atom. The summed E-state index contributed by atoms with van der Waals surface area (Å²) < 4.78 is 0. The molecule has 1 fully saturated rings. The molecule has 0 spiro atoms. The van der Waals surface area contributed by atoms with Gasteiger partial charge >= 0.3 is 0 Å². The summed E-state index contributed by atoms with van der Waals surface area (Å²) in [5.74, 6) is 1.02. The quantitative estimate of drug-likeness (QED) is 0.402. The fourth-order valence-corrected chi connectivity index (χ4v) is 1.09. The van der Waals surface area contributed by atoms with E-state index in [1.165, 1.54) is 19.4 Å². The highest BCUT2D eigenvalue weighted by Gasteiger charge is 2.19. The maximum absolute atomic E-state index is 2.36. The molecule has 2 heteroatoms. The monoisotopic (exact) mass is 97.1 g/mol. The second kappa shape index (κ2) is 1.87. The molecule has 1 aliphatic rings. The van der Waals surface area contributed by atoms with Gasteiger partial charge < -0.3 is 4.90 Å². The van der Waals surface area contributed by atoms with E-state index in [2.05, 4.69) is 19.8 Å². The van der Waals surface area contributed by atoms with Crippen LogP contribution in [-0.4, -0.2) is 32.9 Å². The van der Waals surface area contributed by atoms with Crippen molar-refractivity contribution in [2.24, 2.45) is 5.92 Å². The topological polar surface area (TPSA) is 3.24 Å². The molecular weight excluding hydrogens is 84.9 g/mol. The Bertz CT molecular complexity index is 59.1. The van der Waals surface area contributed by atoms with Crippen LogP contribution < -0.4 is 0 Å². The number of rotatable bonds is 1. The highest BCUT2D eigenvalue weighted by atomic mass is 15.2. The lowest BCUT2D eigenvalue weighted by Crippen LogP contribution is -2.43. The zero-order valence-corrected chi connectivity index (χ0v) is 5.15. The number of hydrogen-bond donors (Lipinski definition) is 0. The summed E-state index contributed by atoms with van der Waals surface area (Å²) in [5, 5.41) is 0. The average Bonchev–Trinajstić information content (AvgIpc) is 1.58. The molecule has 1 heterocycles. The van der Waals surface area contributed by atoms with Crippen LogP contribution >= 0.6 is 0 Å². The lowest BCUT2D eigenvalue weighted by atomic mass is 9.86. The van der Waals surface area contributed by atoms with Crippen molar-refractivity contribution >= 4 is 7.85 Å². The first-order valence-corrected chi connectivity index (χ1v) is 3.01. The smallest absolute Gasteiger partial charge is 0.101 e. The first kappa shape index (κ1) is 5.17. The van der Waals surface area contributed by atoms with Crippen LogP contribution in [0.25, 0.3) is 0 Å². The molecular formula is C5H12BN. The largest absolute Gasteiger partial charge is 0.306 e. The second-order valence-electron chi connectivity index (χ2n) is 2.50. The van der Waals surface area contributed by atoms with Crippen LogP contribution in [0.1, 0.15) is 0 Å². The van der Waals surface area contributed by atoms with Gasteiger partial charge in [0.15, 0.2) is 0 Å². The van der Waals surface area contributed by atoms with Gasteiger partial charge in [-0.15, -0.1) is 0 Å². The zero-order chi connectivity index (χ0) is 5.28. The molecule has 1 aliphatic heterocycles. The Kier molecular flexibility index (Phi) is 1.38. The highest BCUT2D eigenvalue weighted by Crippen LogP contribution is 2.14. The van der Waals surface area contributed by atoms with Gasteiger partial charge in [-0.3, -0.25) is 0 Å². The first-order chi connectivity index (χ1) is 3.33. The second-order valence-corrected chi connectivity index (χ2v) is 2.50. The van der Waals surface area contributed by atoms with Crippen molar-refractivity contribution < 1.29 is 0 Å². The van der Waals surface area contributed by atoms with E-state index in [0.29, 0.717) is 0 Å². The standard InChI is InChI=1S/C5H12BN/c1-7-3-5(2-6)4-7/h5H,2-4,6H2,1H3. The lowest BCUT2D eigenvalue weighted by Gasteiger charge is -2.35. The van der Waals surface area contributed by atoms with Crippen molar-refractivity contribution in [2.75, 3.05) is 20.1 Å². The van der Waals surface area contributed by atoms with Crippen LogP contribution in [-0.2, 0) is 0 Å². The van der Waals surface area contributed by atoms with Crippen LogP contribution in [0.3, 0.4) is 0 Å². The Morgan fingerprint density at radius 1 is 1.71 bits per heavy atom. The Morgan fingerprint density at radius 3 is 2.43 bits per heavy atom. The van der Waals surface area contributed by atoms with Crippen molar-refractivity contribution in [1.82, 2.24) is 4.90 Å². The minimum absolute atomic E-state index is 1.02. The normalized spacial score (nSPS) is 24.7. The summed E-state index contributed by atoms with van der Waals surface area (Å²) in [6.45, 7) is 2.66. The summed E-state index contributed by atoms with van der Waals surface area (Å²) in [4.78, 5) is 2.36.